The molecule has 0 spiro atoms. The minimum Gasteiger partial charge on any atom is -0.489 e. The van der Waals surface area contributed by atoms with Crippen molar-refractivity contribution in [2.45, 2.75) is 64.5 Å². The average molecular weight is 482 g/mol. The largest absolute Gasteiger partial charge is 0.489 e. The van der Waals surface area contributed by atoms with Crippen molar-refractivity contribution in [1.82, 2.24) is 30.1 Å². The van der Waals surface area contributed by atoms with Crippen molar-refractivity contribution >= 4 is 11.9 Å². The Morgan fingerprint density at radius 3 is 2.97 bits per heavy atom. The zero-order valence-corrected chi connectivity index (χ0v) is 20.3. The van der Waals surface area contributed by atoms with Crippen molar-refractivity contribution in [1.29, 1.82) is 0 Å². The standard InChI is InChI=1S/C24H31N7O4/c1-5-7-14(2)22-27-24(29-35-22)25-13-19-21(28-30-31(19)4)18-10-11-20(15(3)26-18)34-17-9-6-8-16(12-17)23(32)33/h5,10-11,14,16-17H,1,6-9,12-13H2,2-4H3,(H,25,29)(H,32,33)/t14?,16-,17-/m0/s1. The molecule has 3 aromatic heterocycles. The third-order valence-corrected chi connectivity index (χ3v) is 6.29. The van der Waals surface area contributed by atoms with Crippen LogP contribution in [0.1, 0.15) is 62.2 Å². The zero-order chi connectivity index (χ0) is 24.9. The van der Waals surface area contributed by atoms with Crippen LogP contribution in [0, 0.1) is 12.8 Å². The van der Waals surface area contributed by atoms with E-state index >= 15 is 0 Å². The third-order valence-electron chi connectivity index (χ3n) is 6.29. The number of carbonyl (C=O) groups is 1. The summed E-state index contributed by atoms with van der Waals surface area (Å²) in [6, 6.07) is 3.71. The van der Waals surface area contributed by atoms with Crippen molar-refractivity contribution < 1.29 is 19.2 Å². The highest BCUT2D eigenvalue weighted by Gasteiger charge is 2.28. The quantitative estimate of drug-likeness (QED) is 0.410. The molecule has 0 saturated heterocycles. The van der Waals surface area contributed by atoms with Crippen LogP contribution in [0.2, 0.25) is 0 Å². The summed E-state index contributed by atoms with van der Waals surface area (Å²) in [5, 5.41) is 24.9. The molecule has 1 fully saturated rings. The molecule has 0 bridgehead atoms. The minimum absolute atomic E-state index is 0.0982. The molecule has 0 aromatic carbocycles. The Hall–Kier alpha value is -3.76. The van der Waals surface area contributed by atoms with E-state index in [0.29, 0.717) is 54.1 Å². The molecule has 0 aliphatic heterocycles. The lowest BCUT2D eigenvalue weighted by atomic mass is 9.87. The molecule has 3 heterocycles. The maximum absolute atomic E-state index is 11.4. The number of hydrogen-bond acceptors (Lipinski definition) is 9. The molecule has 0 amide bonds. The molecule has 11 heteroatoms. The van der Waals surface area contributed by atoms with Crippen molar-refractivity contribution in [2.24, 2.45) is 13.0 Å². The summed E-state index contributed by atoms with van der Waals surface area (Å²) in [6.07, 6.45) is 5.36. The Bertz CT molecular complexity index is 1190. The highest BCUT2D eigenvalue weighted by atomic mass is 16.5. The number of allylic oxidation sites excluding steroid dienone is 1. The van der Waals surface area contributed by atoms with Crippen molar-refractivity contribution in [2.75, 3.05) is 5.32 Å². The summed E-state index contributed by atoms with van der Waals surface area (Å²) in [5.41, 5.74) is 2.83. The van der Waals surface area contributed by atoms with Crippen molar-refractivity contribution in [3.8, 4) is 17.1 Å². The van der Waals surface area contributed by atoms with E-state index in [2.05, 4.69) is 32.3 Å². The zero-order valence-electron chi connectivity index (χ0n) is 20.3. The number of pyridine rings is 1. The molecule has 1 aliphatic carbocycles. The summed E-state index contributed by atoms with van der Waals surface area (Å²) in [6.45, 7) is 8.00. The van der Waals surface area contributed by atoms with Gasteiger partial charge in [0.2, 0.25) is 5.89 Å². The number of nitrogens with one attached hydrogen (secondary N) is 1. The van der Waals surface area contributed by atoms with E-state index < -0.39 is 5.97 Å². The molecule has 2 N–H and O–H groups in total. The number of ether oxygens (including phenoxy) is 1. The molecule has 11 nitrogen and oxygen atoms in total. The van der Waals surface area contributed by atoms with E-state index in [1.807, 2.05) is 39.1 Å². The van der Waals surface area contributed by atoms with Crippen molar-refractivity contribution in [3.63, 3.8) is 0 Å². The number of carboxylic acid groups (broad SMARTS) is 1. The predicted molar refractivity (Wildman–Crippen MR) is 128 cm³/mol. The number of aryl methyl sites for hydroxylation is 2. The van der Waals surface area contributed by atoms with Gasteiger partial charge in [-0.05, 0) is 56.3 Å². The predicted octanol–water partition coefficient (Wildman–Crippen LogP) is 3.88. The molecule has 1 aliphatic rings. The molecule has 35 heavy (non-hydrogen) atoms. The van der Waals surface area contributed by atoms with Crippen LogP contribution in [0.4, 0.5) is 5.95 Å². The van der Waals surface area contributed by atoms with Crippen LogP contribution in [-0.4, -0.2) is 47.3 Å². The van der Waals surface area contributed by atoms with Gasteiger partial charge in [-0.3, -0.25) is 4.79 Å². The Morgan fingerprint density at radius 2 is 2.23 bits per heavy atom. The maximum Gasteiger partial charge on any atom is 0.306 e. The first-order chi connectivity index (χ1) is 16.9. The highest BCUT2D eigenvalue weighted by molar-refractivity contribution is 5.70. The van der Waals surface area contributed by atoms with Crippen molar-refractivity contribution in [3.05, 3.63) is 42.1 Å². The first kappa shape index (κ1) is 24.4. The Morgan fingerprint density at radius 1 is 1.40 bits per heavy atom. The molecule has 0 radical (unpaired) electrons. The normalized spacial score (nSPS) is 18.7. The first-order valence-corrected chi connectivity index (χ1v) is 11.8. The molecule has 1 saturated carbocycles. The summed E-state index contributed by atoms with van der Waals surface area (Å²) >= 11 is 0. The number of nitrogens with zero attached hydrogens (tertiary/aromatic N) is 6. The van der Waals surface area contributed by atoms with Gasteiger partial charge in [0.15, 0.2) is 0 Å². The Balaban J connectivity index is 1.45. The van der Waals surface area contributed by atoms with Crippen LogP contribution in [-0.2, 0) is 18.4 Å². The monoisotopic (exact) mass is 481 g/mol. The van der Waals surface area contributed by atoms with Crippen LogP contribution < -0.4 is 10.1 Å². The lowest BCUT2D eigenvalue weighted by molar-refractivity contribution is -0.143. The second-order valence-corrected chi connectivity index (χ2v) is 8.97. The van der Waals surface area contributed by atoms with Crippen LogP contribution in [0.3, 0.4) is 0 Å². The topological polar surface area (TPSA) is 141 Å². The lowest BCUT2D eigenvalue weighted by Crippen LogP contribution is -2.29. The number of rotatable bonds is 10. The van der Waals surface area contributed by atoms with Gasteiger partial charge in [0.25, 0.3) is 5.95 Å². The molecule has 3 aromatic rings. The van der Waals surface area contributed by atoms with Crippen LogP contribution >= 0.6 is 0 Å². The summed E-state index contributed by atoms with van der Waals surface area (Å²) < 4.78 is 13.1. The second-order valence-electron chi connectivity index (χ2n) is 8.97. The number of aromatic nitrogens is 6. The SMILES string of the molecule is C=CCC(C)c1nc(NCc2c(-c3ccc(O[C@H]4CCC[C@H](C(=O)O)C4)c(C)n3)nnn2C)no1. The van der Waals surface area contributed by atoms with Crippen LogP contribution in [0.25, 0.3) is 11.4 Å². The van der Waals surface area contributed by atoms with E-state index in [0.717, 1.165) is 25.0 Å². The van der Waals surface area contributed by atoms with Gasteiger partial charge < -0.3 is 19.7 Å². The number of hydrogen-bond donors (Lipinski definition) is 2. The first-order valence-electron chi connectivity index (χ1n) is 11.8. The van der Waals surface area contributed by atoms with Gasteiger partial charge in [-0.15, -0.1) is 11.7 Å². The maximum atomic E-state index is 11.4. The molecule has 4 rings (SSSR count). The number of anilines is 1. The number of aliphatic carboxylic acids is 1. The molecule has 186 valence electrons. The van der Waals surface area contributed by atoms with Gasteiger partial charge in [-0.2, -0.15) is 4.98 Å². The summed E-state index contributed by atoms with van der Waals surface area (Å²) in [5.74, 6) is 0.591. The molecular weight excluding hydrogens is 450 g/mol. The summed E-state index contributed by atoms with van der Waals surface area (Å²) in [4.78, 5) is 20.4. The fourth-order valence-corrected chi connectivity index (χ4v) is 4.26. The molecule has 1 unspecified atom stereocenters. The van der Waals surface area contributed by atoms with Gasteiger partial charge in [0.05, 0.1) is 35.6 Å². The lowest BCUT2D eigenvalue weighted by Gasteiger charge is -2.27. The van der Waals surface area contributed by atoms with E-state index in [4.69, 9.17) is 14.2 Å². The van der Waals surface area contributed by atoms with Gasteiger partial charge >= 0.3 is 5.97 Å². The average Bonchev–Trinajstić information content (AvgIpc) is 3.46. The Labute approximate surface area is 203 Å². The van der Waals surface area contributed by atoms with E-state index in [1.54, 1.807) is 4.68 Å². The fraction of sp³-hybridized carbons (Fsp3) is 0.500. The van der Waals surface area contributed by atoms with E-state index in [1.165, 1.54) is 0 Å². The second kappa shape index (κ2) is 10.7. The fourth-order valence-electron chi connectivity index (χ4n) is 4.26. The molecular formula is C24H31N7O4. The minimum atomic E-state index is -0.754. The number of carboxylic acids is 1. The van der Waals surface area contributed by atoms with Gasteiger partial charge in [0, 0.05) is 13.0 Å². The van der Waals surface area contributed by atoms with Gasteiger partial charge in [-0.25, -0.2) is 9.67 Å². The van der Waals surface area contributed by atoms with E-state index in [9.17, 15) is 9.90 Å². The van der Waals surface area contributed by atoms with E-state index in [-0.39, 0.29) is 17.9 Å². The van der Waals surface area contributed by atoms with Crippen LogP contribution in [0.5, 0.6) is 5.75 Å². The third kappa shape index (κ3) is 5.67. The summed E-state index contributed by atoms with van der Waals surface area (Å²) in [7, 11) is 1.81. The Kier molecular flexibility index (Phi) is 7.42. The smallest absolute Gasteiger partial charge is 0.306 e. The van der Waals surface area contributed by atoms with Crippen LogP contribution in [0.15, 0.2) is 29.3 Å². The highest BCUT2D eigenvalue weighted by Crippen LogP contribution is 2.30. The molecule has 3 atom stereocenters. The van der Waals surface area contributed by atoms with Gasteiger partial charge in [0.1, 0.15) is 11.4 Å². The van der Waals surface area contributed by atoms with Gasteiger partial charge in [-0.1, -0.05) is 18.2 Å².